The minimum Gasteiger partial charge on any atom is -0.491 e. The fourth-order valence-electron chi connectivity index (χ4n) is 1.76. The van der Waals surface area contributed by atoms with E-state index in [1.54, 1.807) is 19.1 Å². The van der Waals surface area contributed by atoms with E-state index in [0.717, 1.165) is 6.07 Å². The van der Waals surface area contributed by atoms with Crippen molar-refractivity contribution in [3.63, 3.8) is 0 Å². The number of rotatable bonds is 4. The highest BCUT2D eigenvalue weighted by atomic mass is 79.9. The van der Waals surface area contributed by atoms with Gasteiger partial charge >= 0.3 is 0 Å². The monoisotopic (exact) mass is 359 g/mol. The van der Waals surface area contributed by atoms with Crippen molar-refractivity contribution in [2.24, 2.45) is 0 Å². The number of halogens is 3. The third-order valence-electron chi connectivity index (χ3n) is 2.69. The number of benzene rings is 2. The third kappa shape index (κ3) is 3.32. The van der Waals surface area contributed by atoms with Crippen LogP contribution in [0.3, 0.4) is 0 Å². The van der Waals surface area contributed by atoms with Gasteiger partial charge in [0.1, 0.15) is 6.08 Å². The molecule has 0 spiro atoms. The minimum absolute atomic E-state index is 0.0726. The van der Waals surface area contributed by atoms with Gasteiger partial charge in [-0.2, -0.15) is 0 Å². The van der Waals surface area contributed by atoms with Gasteiger partial charge in [0.05, 0.1) is 7.98 Å². The topological polar surface area (TPSA) is 29.5 Å². The van der Waals surface area contributed by atoms with Gasteiger partial charge < -0.3 is 9.84 Å². The molecule has 0 aliphatic heterocycles. The Kier molecular flexibility index (Phi) is 4.55. The van der Waals surface area contributed by atoms with Crippen LogP contribution in [0.5, 0.6) is 5.75 Å². The van der Waals surface area contributed by atoms with E-state index in [1.165, 1.54) is 18.2 Å². The van der Waals surface area contributed by atoms with Crippen LogP contribution in [0, 0.1) is 5.82 Å². The molecule has 1 N–H and O–H groups in total. The van der Waals surface area contributed by atoms with Crippen LogP contribution in [0.1, 0.15) is 25.5 Å². The molecule has 2 aromatic carbocycles. The van der Waals surface area contributed by atoms with Crippen molar-refractivity contribution in [3.05, 3.63) is 62.8 Å². The molecule has 2 rings (SSSR count). The highest BCUT2D eigenvalue weighted by Gasteiger charge is 2.16. The molecule has 0 saturated heterocycles. The van der Waals surface area contributed by atoms with Gasteiger partial charge in [0.15, 0.2) is 11.6 Å². The maximum absolute atomic E-state index is 13.9. The van der Waals surface area contributed by atoms with Crippen LogP contribution in [0.25, 0.3) is 0 Å². The lowest BCUT2D eigenvalue weighted by molar-refractivity contribution is 0.219. The smallest absolute Gasteiger partial charge is 0.165 e. The molecule has 0 aliphatic rings. The van der Waals surface area contributed by atoms with Crippen molar-refractivity contribution in [2.75, 3.05) is 6.61 Å². The van der Waals surface area contributed by atoms with Gasteiger partial charge in [0, 0.05) is 15.1 Å². The van der Waals surface area contributed by atoms with E-state index in [1.807, 2.05) is 0 Å². The average Bonchev–Trinajstić information content (AvgIpc) is 2.43. The van der Waals surface area contributed by atoms with Gasteiger partial charge in [-0.1, -0.05) is 33.6 Å². The zero-order valence-corrected chi connectivity index (χ0v) is 13.0. The zero-order chi connectivity index (χ0) is 15.6. The van der Waals surface area contributed by atoms with E-state index in [-0.39, 0.29) is 21.9 Å². The Morgan fingerprint density at radius 2 is 2.15 bits per heavy atom. The van der Waals surface area contributed by atoms with E-state index >= 15 is 0 Å². The van der Waals surface area contributed by atoms with Gasteiger partial charge in [-0.3, -0.25) is 0 Å². The van der Waals surface area contributed by atoms with Gasteiger partial charge in [-0.25, -0.2) is 4.39 Å². The molecule has 0 saturated carbocycles. The molecule has 0 heterocycles. The molecule has 0 bridgehead atoms. The number of hydrogen-bond donors (Lipinski definition) is 1. The van der Waals surface area contributed by atoms with Gasteiger partial charge in [-0.15, -0.1) is 0 Å². The summed E-state index contributed by atoms with van der Waals surface area (Å²) >= 11 is 9.29. The maximum Gasteiger partial charge on any atom is 0.165 e. The van der Waals surface area contributed by atoms with Crippen molar-refractivity contribution in [3.8, 4) is 5.75 Å². The van der Waals surface area contributed by atoms with Crippen molar-refractivity contribution >= 4 is 27.5 Å². The highest BCUT2D eigenvalue weighted by Crippen LogP contribution is 2.32. The fourth-order valence-corrected chi connectivity index (χ4v) is 2.32. The highest BCUT2D eigenvalue weighted by molar-refractivity contribution is 9.10. The zero-order valence-electron chi connectivity index (χ0n) is 11.7. The van der Waals surface area contributed by atoms with Crippen molar-refractivity contribution in [1.82, 2.24) is 0 Å². The second-order valence-corrected chi connectivity index (χ2v) is 5.37. The van der Waals surface area contributed by atoms with Crippen LogP contribution in [0.2, 0.25) is 5.02 Å². The first kappa shape index (κ1) is 13.9. The summed E-state index contributed by atoms with van der Waals surface area (Å²) in [6.45, 7) is 2.08. The molecular formula is C15H13BrClFO2. The summed E-state index contributed by atoms with van der Waals surface area (Å²) in [6, 6.07) is 8.70. The van der Waals surface area contributed by atoms with E-state index in [4.69, 9.17) is 17.7 Å². The molecule has 20 heavy (non-hydrogen) atoms. The molecule has 2 nitrogen and oxygen atoms in total. The summed E-state index contributed by atoms with van der Waals surface area (Å²) in [6.07, 6.45) is -2.16. The van der Waals surface area contributed by atoms with Crippen LogP contribution in [-0.4, -0.2) is 11.7 Å². The molecule has 0 fully saturated rings. The van der Waals surface area contributed by atoms with Crippen molar-refractivity contribution in [1.29, 1.82) is 0 Å². The van der Waals surface area contributed by atoms with Crippen LogP contribution in [0.4, 0.5) is 4.39 Å². The van der Waals surface area contributed by atoms with Crippen molar-refractivity contribution < 1.29 is 15.6 Å². The Morgan fingerprint density at radius 1 is 1.40 bits per heavy atom. The first-order valence-electron chi connectivity index (χ1n) is 6.47. The number of ether oxygens (including phenoxy) is 1. The summed E-state index contributed by atoms with van der Waals surface area (Å²) in [5, 5.41) is 10.7. The summed E-state index contributed by atoms with van der Waals surface area (Å²) in [4.78, 5) is 0. The number of aliphatic hydroxyl groups is 1. The summed E-state index contributed by atoms with van der Waals surface area (Å²) < 4.78 is 27.8. The van der Waals surface area contributed by atoms with E-state index in [9.17, 15) is 9.50 Å². The van der Waals surface area contributed by atoms with Crippen LogP contribution >= 0.6 is 27.5 Å². The molecule has 0 amide bonds. The SMILES string of the molecule is [2H]C(O)(c1ccc(OCC)c(F)c1)c1cc(Br)ccc1Cl. The third-order valence-corrected chi connectivity index (χ3v) is 3.51. The first-order valence-corrected chi connectivity index (χ1v) is 7.14. The molecule has 0 aliphatic carbocycles. The maximum atomic E-state index is 13.9. The molecule has 0 radical (unpaired) electrons. The molecule has 0 aromatic heterocycles. The minimum atomic E-state index is -2.16. The predicted molar refractivity (Wildman–Crippen MR) is 80.8 cm³/mol. The molecular weight excluding hydrogens is 347 g/mol. The first-order chi connectivity index (χ1) is 9.86. The number of hydrogen-bond acceptors (Lipinski definition) is 2. The lowest BCUT2D eigenvalue weighted by Crippen LogP contribution is -2.02. The van der Waals surface area contributed by atoms with Crippen molar-refractivity contribution in [2.45, 2.75) is 13.0 Å². The summed E-state index contributed by atoms with van der Waals surface area (Å²) in [5.41, 5.74) is 0.241. The van der Waals surface area contributed by atoms with Crippen LogP contribution in [-0.2, 0) is 0 Å². The lowest BCUT2D eigenvalue weighted by Gasteiger charge is -2.15. The quantitative estimate of drug-likeness (QED) is 0.854. The average molecular weight is 361 g/mol. The predicted octanol–water partition coefficient (Wildman–Crippen LogP) is 4.72. The molecule has 1 unspecified atom stereocenters. The fraction of sp³-hybridized carbons (Fsp3) is 0.200. The standard InChI is InChI=1S/C15H13BrClFO2/c1-2-20-14-6-3-9(7-13(14)18)15(19)11-8-10(16)4-5-12(11)17/h3-8,15,19H,2H2,1H3/i15D. The Hall–Kier alpha value is -1.10. The van der Waals surface area contributed by atoms with Gasteiger partial charge in [-0.05, 0) is 42.8 Å². The van der Waals surface area contributed by atoms with E-state index in [0.29, 0.717) is 11.1 Å². The molecule has 2 aromatic rings. The Labute approximate surface area is 131 Å². The molecule has 1 atom stereocenters. The second-order valence-electron chi connectivity index (χ2n) is 4.05. The van der Waals surface area contributed by atoms with Gasteiger partial charge in [0.25, 0.3) is 0 Å². The molecule has 5 heteroatoms. The molecule has 106 valence electrons. The summed E-state index contributed by atoms with van der Waals surface area (Å²) in [7, 11) is 0. The normalized spacial score (nSPS) is 14.6. The lowest BCUT2D eigenvalue weighted by atomic mass is 10.0. The van der Waals surface area contributed by atoms with Crippen LogP contribution in [0.15, 0.2) is 40.9 Å². The Balaban J connectivity index is 2.48. The van der Waals surface area contributed by atoms with Crippen LogP contribution < -0.4 is 4.74 Å². The summed E-state index contributed by atoms with van der Waals surface area (Å²) in [5.74, 6) is -0.552. The largest absolute Gasteiger partial charge is 0.491 e. The van der Waals surface area contributed by atoms with E-state index < -0.39 is 11.9 Å². The van der Waals surface area contributed by atoms with E-state index in [2.05, 4.69) is 15.9 Å². The second kappa shape index (κ2) is 6.57. The Bertz CT molecular complexity index is 664. The Morgan fingerprint density at radius 3 is 2.80 bits per heavy atom. The van der Waals surface area contributed by atoms with Gasteiger partial charge in [0.2, 0.25) is 0 Å².